The summed E-state index contributed by atoms with van der Waals surface area (Å²) >= 11 is 0. The fourth-order valence-corrected chi connectivity index (χ4v) is 2.04. The molecule has 0 aromatic heterocycles. The third kappa shape index (κ3) is 21.4. The topological polar surface area (TPSA) is 35.5 Å². The van der Waals surface area contributed by atoms with Gasteiger partial charge in [-0.1, -0.05) is 64.7 Å². The largest absolute Gasteiger partial charge is 1.00 e. The molecule has 0 amide bonds. The number of unbranched alkanes of at least 4 members (excludes halogenated alkanes) is 9. The van der Waals surface area contributed by atoms with Crippen molar-refractivity contribution in [3.63, 3.8) is 0 Å². The summed E-state index contributed by atoms with van der Waals surface area (Å²) in [5.74, 6) is -0.234. The van der Waals surface area contributed by atoms with Crippen molar-refractivity contribution in [2.45, 2.75) is 78.1 Å². The molecule has 0 saturated carbocycles. The Bertz CT molecular complexity index is 204. The maximum atomic E-state index is 10.5. The van der Waals surface area contributed by atoms with Crippen LogP contribution in [0.25, 0.3) is 0 Å². The first-order valence-corrected chi connectivity index (χ1v) is 7.98. The van der Waals surface area contributed by atoms with Gasteiger partial charge in [-0.25, -0.2) is 0 Å². The molecule has 4 heteroatoms. The molecule has 0 fully saturated rings. The summed E-state index contributed by atoms with van der Waals surface area (Å²) in [5.41, 5.74) is 0. The fourth-order valence-electron chi connectivity index (χ4n) is 2.04. The van der Waals surface area contributed by atoms with E-state index >= 15 is 0 Å². The van der Waals surface area contributed by atoms with E-state index in [1.807, 2.05) is 0 Å². The molecule has 0 heterocycles. The second-order valence-electron chi connectivity index (χ2n) is 5.13. The van der Waals surface area contributed by atoms with E-state index in [0.717, 1.165) is 13.0 Å². The number of rotatable bonds is 14. The van der Waals surface area contributed by atoms with Crippen LogP contribution in [0.15, 0.2) is 0 Å². The van der Waals surface area contributed by atoms with Gasteiger partial charge in [-0.05, 0) is 6.42 Å². The van der Waals surface area contributed by atoms with Crippen molar-refractivity contribution in [1.29, 1.82) is 0 Å². The smallest absolute Gasteiger partial charge is 1.00 e. The first-order chi connectivity index (χ1) is 9.27. The molecular weight excluding hydrogens is 279 g/mol. The number of hydrogen-bond acceptors (Lipinski definition) is 3. The van der Waals surface area contributed by atoms with Crippen LogP contribution < -0.4 is 51.4 Å². The summed E-state index contributed by atoms with van der Waals surface area (Å²) in [5, 5.41) is 0. The van der Waals surface area contributed by atoms with E-state index in [-0.39, 0.29) is 58.8 Å². The summed E-state index contributed by atoms with van der Waals surface area (Å²) in [6.07, 6.45) is 13.4. The average molecular weight is 313 g/mol. The molecule has 20 heavy (non-hydrogen) atoms. The van der Waals surface area contributed by atoms with Crippen molar-refractivity contribution in [3.8, 4) is 0 Å². The van der Waals surface area contributed by atoms with Gasteiger partial charge in [-0.15, -0.1) is 0 Å². The van der Waals surface area contributed by atoms with E-state index in [0.29, 0.717) is 13.2 Å². The second-order valence-corrected chi connectivity index (χ2v) is 5.13. The van der Waals surface area contributed by atoms with Crippen LogP contribution in [0.5, 0.6) is 0 Å². The Morgan fingerprint density at radius 1 is 0.800 bits per heavy atom. The first kappa shape index (κ1) is 23.3. The minimum absolute atomic E-state index is 0. The number of carbonyl (C=O) groups excluding carboxylic acids is 1. The molecule has 0 spiro atoms. The summed E-state index contributed by atoms with van der Waals surface area (Å²) in [6, 6.07) is 0. The van der Waals surface area contributed by atoms with Crippen LogP contribution in [-0.4, -0.2) is 25.8 Å². The van der Waals surface area contributed by atoms with Crippen LogP contribution in [0.2, 0.25) is 0 Å². The van der Waals surface area contributed by atoms with Gasteiger partial charge in [-0.3, -0.25) is 4.79 Å². The van der Waals surface area contributed by atoms with Crippen LogP contribution in [0.4, 0.5) is 0 Å². The van der Waals surface area contributed by atoms with Gasteiger partial charge >= 0.3 is 57.4 Å². The van der Waals surface area contributed by atoms with E-state index in [1.54, 1.807) is 0 Å². The Hall–Kier alpha value is 1.07. The van der Waals surface area contributed by atoms with Gasteiger partial charge in [0.1, 0.15) is 6.61 Å². The molecule has 0 saturated heterocycles. The van der Waals surface area contributed by atoms with Gasteiger partial charge < -0.3 is 10.9 Å². The van der Waals surface area contributed by atoms with E-state index in [4.69, 9.17) is 9.47 Å². The third-order valence-electron chi connectivity index (χ3n) is 3.18. The first-order valence-electron chi connectivity index (χ1n) is 7.98. The van der Waals surface area contributed by atoms with Crippen molar-refractivity contribution in [2.75, 3.05) is 19.8 Å². The molecule has 0 unspecified atom stereocenters. The quantitative estimate of drug-likeness (QED) is 0.278. The van der Waals surface area contributed by atoms with Crippen molar-refractivity contribution < 1.29 is 67.1 Å². The second kappa shape index (κ2) is 20.1. The van der Waals surface area contributed by atoms with Gasteiger partial charge in [0.15, 0.2) is 0 Å². The van der Waals surface area contributed by atoms with Crippen LogP contribution in [-0.2, 0) is 14.3 Å². The van der Waals surface area contributed by atoms with Crippen LogP contribution in [0.3, 0.4) is 0 Å². The molecular formula is C16H33KO3. The molecule has 0 bridgehead atoms. The molecule has 3 nitrogen and oxygen atoms in total. The van der Waals surface area contributed by atoms with Gasteiger partial charge in [0, 0.05) is 13.5 Å². The van der Waals surface area contributed by atoms with Crippen LogP contribution >= 0.6 is 0 Å². The van der Waals surface area contributed by atoms with Crippen molar-refractivity contribution in [3.05, 3.63) is 0 Å². The van der Waals surface area contributed by atoms with Gasteiger partial charge in [-0.2, -0.15) is 0 Å². The number of carbonyl (C=O) groups is 1. The van der Waals surface area contributed by atoms with E-state index in [1.165, 1.54) is 64.7 Å². The Labute approximate surface area is 169 Å². The maximum Gasteiger partial charge on any atom is 1.00 e. The molecule has 0 aliphatic heterocycles. The molecule has 0 atom stereocenters. The van der Waals surface area contributed by atoms with E-state index in [9.17, 15) is 4.79 Å². The maximum absolute atomic E-state index is 10.5. The third-order valence-corrected chi connectivity index (χ3v) is 3.18. The van der Waals surface area contributed by atoms with Crippen molar-refractivity contribution in [1.82, 2.24) is 0 Å². The molecule has 0 aliphatic carbocycles. The zero-order valence-electron chi connectivity index (χ0n) is 14.9. The molecule has 0 aromatic rings. The Morgan fingerprint density at radius 3 is 1.80 bits per heavy atom. The number of ether oxygens (including phenoxy) is 2. The Morgan fingerprint density at radius 2 is 1.30 bits per heavy atom. The zero-order valence-corrected chi connectivity index (χ0v) is 17.0. The summed E-state index contributed by atoms with van der Waals surface area (Å²) in [7, 11) is 0. The van der Waals surface area contributed by atoms with Crippen molar-refractivity contribution >= 4 is 5.97 Å². The number of hydrogen-bond donors (Lipinski definition) is 0. The Kier molecular flexibility index (Phi) is 23.4. The SMILES string of the molecule is CCCCCCCCCCCCOCCOC(C)=O.[H-].[K+]. The summed E-state index contributed by atoms with van der Waals surface area (Å²) < 4.78 is 10.2. The predicted molar refractivity (Wildman–Crippen MR) is 80.4 cm³/mol. The Balaban J connectivity index is -0.00000162. The van der Waals surface area contributed by atoms with E-state index < -0.39 is 0 Å². The predicted octanol–water partition coefficient (Wildman–Crippen LogP) is 1.60. The minimum atomic E-state index is -0.234. The monoisotopic (exact) mass is 312 g/mol. The standard InChI is InChI=1S/C16H32O3.K.H/c1-3-4-5-6-7-8-9-10-11-12-13-18-14-15-19-16(2)17;;/h3-15H2,1-2H3;;/q;+1;-1. The van der Waals surface area contributed by atoms with Gasteiger partial charge in [0.05, 0.1) is 6.61 Å². The molecule has 0 aliphatic rings. The van der Waals surface area contributed by atoms with E-state index in [2.05, 4.69) is 6.92 Å². The molecule has 0 radical (unpaired) electrons. The molecule has 116 valence electrons. The minimum Gasteiger partial charge on any atom is -1.00 e. The number of esters is 1. The summed E-state index contributed by atoms with van der Waals surface area (Å²) in [6.45, 7) is 5.37. The fraction of sp³-hybridized carbons (Fsp3) is 0.938. The van der Waals surface area contributed by atoms with Crippen LogP contribution in [0, 0.1) is 0 Å². The molecule has 0 rings (SSSR count). The summed E-state index contributed by atoms with van der Waals surface area (Å²) in [4.78, 5) is 10.5. The zero-order chi connectivity index (χ0) is 14.2. The van der Waals surface area contributed by atoms with Gasteiger partial charge in [0.2, 0.25) is 0 Å². The van der Waals surface area contributed by atoms with Crippen molar-refractivity contribution in [2.24, 2.45) is 0 Å². The molecule has 0 aromatic carbocycles. The van der Waals surface area contributed by atoms with Crippen LogP contribution in [0.1, 0.15) is 79.5 Å². The van der Waals surface area contributed by atoms with Gasteiger partial charge in [0.25, 0.3) is 0 Å². The normalized spacial score (nSPS) is 10.1. The molecule has 0 N–H and O–H groups in total. The average Bonchev–Trinajstić information content (AvgIpc) is 2.39.